The monoisotopic (exact) mass is 544 g/mol. The van der Waals surface area contributed by atoms with Crippen LogP contribution in [0.3, 0.4) is 0 Å². The fraction of sp³-hybridized carbons (Fsp3) is 0.267. The number of unbranched alkanes of at least 4 members (excludes halogenated alkanes) is 2. The average Bonchev–Trinajstić information content (AvgIpc) is 3.47. The molecule has 0 aliphatic carbocycles. The van der Waals surface area contributed by atoms with E-state index in [-0.39, 0.29) is 33.4 Å². The van der Waals surface area contributed by atoms with Crippen LogP contribution in [0.5, 0.6) is 5.75 Å². The fourth-order valence-electron chi connectivity index (χ4n) is 4.62. The van der Waals surface area contributed by atoms with Crippen molar-refractivity contribution in [3.63, 3.8) is 0 Å². The Morgan fingerprint density at radius 1 is 1.18 bits per heavy atom. The van der Waals surface area contributed by atoms with E-state index in [2.05, 4.69) is 18.5 Å². The quantitative estimate of drug-likeness (QED) is 0.133. The highest BCUT2D eigenvalue weighted by atomic mass is 32.1. The Bertz CT molecular complexity index is 1620. The molecule has 0 saturated carbocycles. The van der Waals surface area contributed by atoms with Gasteiger partial charge >= 0.3 is 5.97 Å². The summed E-state index contributed by atoms with van der Waals surface area (Å²) in [5, 5.41) is 0.643. The maximum Gasteiger partial charge on any atom is 0.350 e. The number of aryl methyl sites for hydroxylation is 1. The number of fused-ring (bicyclic) bond motifs is 2. The number of rotatable bonds is 10. The van der Waals surface area contributed by atoms with Crippen molar-refractivity contribution in [2.24, 2.45) is 0 Å². The molecule has 1 amide bonds. The molecule has 3 heterocycles. The maximum absolute atomic E-state index is 13.9. The van der Waals surface area contributed by atoms with Crippen LogP contribution in [-0.2, 0) is 4.74 Å². The van der Waals surface area contributed by atoms with Gasteiger partial charge in [0.2, 0.25) is 5.76 Å². The minimum absolute atomic E-state index is 0.0402. The average molecular weight is 545 g/mol. The first-order valence-electron chi connectivity index (χ1n) is 12.8. The molecule has 200 valence electrons. The van der Waals surface area contributed by atoms with Crippen LogP contribution in [0.25, 0.3) is 11.0 Å². The predicted octanol–water partition coefficient (Wildman–Crippen LogP) is 6.22. The van der Waals surface area contributed by atoms with Gasteiger partial charge in [0.1, 0.15) is 22.8 Å². The molecule has 0 bridgehead atoms. The molecule has 0 N–H and O–H groups in total. The highest BCUT2D eigenvalue weighted by molar-refractivity contribution is 7.17. The second-order valence-electron chi connectivity index (χ2n) is 9.17. The first-order chi connectivity index (χ1) is 18.9. The van der Waals surface area contributed by atoms with Gasteiger partial charge in [-0.3, -0.25) is 14.5 Å². The smallest absolute Gasteiger partial charge is 0.350 e. The van der Waals surface area contributed by atoms with E-state index in [0.29, 0.717) is 34.6 Å². The minimum atomic E-state index is -0.824. The molecular weight excluding hydrogens is 516 g/mol. The summed E-state index contributed by atoms with van der Waals surface area (Å²) in [5.41, 5.74) is 1.35. The van der Waals surface area contributed by atoms with Gasteiger partial charge in [0.05, 0.1) is 29.3 Å². The van der Waals surface area contributed by atoms with Crippen molar-refractivity contribution in [3.8, 4) is 5.75 Å². The van der Waals surface area contributed by atoms with E-state index in [1.165, 1.54) is 11.0 Å². The summed E-state index contributed by atoms with van der Waals surface area (Å²) in [6, 6.07) is 13.4. The second kappa shape index (κ2) is 11.2. The van der Waals surface area contributed by atoms with Crippen LogP contribution in [0.1, 0.15) is 69.3 Å². The summed E-state index contributed by atoms with van der Waals surface area (Å²) in [4.78, 5) is 46.5. The van der Waals surface area contributed by atoms with E-state index in [0.717, 1.165) is 30.6 Å². The van der Waals surface area contributed by atoms with Crippen LogP contribution in [0.4, 0.5) is 5.13 Å². The number of carbonyl (C=O) groups excluding carboxylic acids is 2. The highest BCUT2D eigenvalue weighted by Gasteiger charge is 2.45. The molecule has 0 fully saturated rings. The number of carbonyl (C=O) groups is 2. The van der Waals surface area contributed by atoms with Crippen molar-refractivity contribution >= 4 is 39.3 Å². The van der Waals surface area contributed by atoms with Crippen LogP contribution in [-0.4, -0.2) is 30.1 Å². The Kier molecular flexibility index (Phi) is 7.60. The molecule has 5 rings (SSSR count). The third-order valence-corrected chi connectivity index (χ3v) is 7.61. The highest BCUT2D eigenvalue weighted by Crippen LogP contribution is 2.43. The normalized spacial score (nSPS) is 14.5. The number of benzene rings is 2. The zero-order chi connectivity index (χ0) is 27.5. The molecule has 9 heteroatoms. The second-order valence-corrected chi connectivity index (χ2v) is 10.2. The molecule has 2 aromatic heterocycles. The lowest BCUT2D eigenvalue weighted by atomic mass is 9.98. The van der Waals surface area contributed by atoms with Crippen LogP contribution in [0.2, 0.25) is 0 Å². The van der Waals surface area contributed by atoms with Crippen LogP contribution < -0.4 is 15.1 Å². The van der Waals surface area contributed by atoms with E-state index in [9.17, 15) is 14.4 Å². The molecular formula is C30H28N2O6S. The number of thiazole rings is 1. The number of ether oxygens (including phenoxy) is 2. The van der Waals surface area contributed by atoms with E-state index >= 15 is 0 Å². The first-order valence-corrected chi connectivity index (χ1v) is 13.6. The van der Waals surface area contributed by atoms with E-state index in [1.54, 1.807) is 31.2 Å². The van der Waals surface area contributed by atoms with Crippen molar-refractivity contribution in [3.05, 3.63) is 98.9 Å². The molecule has 0 radical (unpaired) electrons. The molecule has 0 spiro atoms. The number of hydrogen-bond donors (Lipinski definition) is 0. The van der Waals surface area contributed by atoms with Crippen molar-refractivity contribution < 1.29 is 23.5 Å². The Morgan fingerprint density at radius 2 is 2.00 bits per heavy atom. The maximum atomic E-state index is 13.9. The lowest BCUT2D eigenvalue weighted by Crippen LogP contribution is -2.29. The van der Waals surface area contributed by atoms with Crippen LogP contribution in [0.15, 0.2) is 70.4 Å². The number of nitrogens with zero attached hydrogens (tertiary/aromatic N) is 2. The molecule has 0 unspecified atom stereocenters. The molecule has 1 aliphatic rings. The van der Waals surface area contributed by atoms with Crippen molar-refractivity contribution in [2.75, 3.05) is 18.1 Å². The lowest BCUT2D eigenvalue weighted by molar-refractivity contribution is 0.0554. The summed E-state index contributed by atoms with van der Waals surface area (Å²) < 4.78 is 17.2. The zero-order valence-corrected chi connectivity index (χ0v) is 22.6. The largest absolute Gasteiger partial charge is 0.494 e. The molecule has 4 aromatic rings. The predicted molar refractivity (Wildman–Crippen MR) is 150 cm³/mol. The summed E-state index contributed by atoms with van der Waals surface area (Å²) in [7, 11) is 0. The zero-order valence-electron chi connectivity index (χ0n) is 21.8. The SMILES string of the molecule is C=CCOC(=O)c1sc(N2C(=O)c3oc4ccccc4c(=O)c3[C@@H]2c2cccc(OCCCCC)c2)nc1C. The summed E-state index contributed by atoms with van der Waals surface area (Å²) in [6.07, 6.45) is 4.55. The summed E-state index contributed by atoms with van der Waals surface area (Å²) in [5.74, 6) is -0.466. The fourth-order valence-corrected chi connectivity index (χ4v) is 5.61. The Hall–Kier alpha value is -4.24. The number of amides is 1. The Labute approximate surface area is 229 Å². The van der Waals surface area contributed by atoms with Gasteiger partial charge < -0.3 is 13.9 Å². The number of anilines is 1. The van der Waals surface area contributed by atoms with Crippen LogP contribution in [0, 0.1) is 6.92 Å². The Balaban J connectivity index is 1.63. The van der Waals surface area contributed by atoms with Gasteiger partial charge in [-0.1, -0.05) is 68.0 Å². The third-order valence-electron chi connectivity index (χ3n) is 6.48. The number of esters is 1. The van der Waals surface area contributed by atoms with Crippen molar-refractivity contribution in [1.29, 1.82) is 0 Å². The number of hydrogen-bond acceptors (Lipinski definition) is 8. The number of aromatic nitrogens is 1. The van der Waals surface area contributed by atoms with Gasteiger partial charge in [0.25, 0.3) is 5.91 Å². The standard InChI is InChI=1S/C30H28N2O6S/c1-4-6-9-16-36-20-12-10-11-19(17-20)24-23-25(33)21-13-7-8-14-22(21)38-26(23)28(34)32(24)30-31-18(3)27(39-30)29(35)37-15-5-2/h5,7-8,10-14,17,24H,2,4,6,9,15-16H2,1,3H3/t24-/m0/s1. The molecule has 8 nitrogen and oxygen atoms in total. The van der Waals surface area contributed by atoms with Gasteiger partial charge in [-0.25, -0.2) is 9.78 Å². The van der Waals surface area contributed by atoms with E-state index in [1.807, 2.05) is 24.3 Å². The minimum Gasteiger partial charge on any atom is -0.494 e. The topological polar surface area (TPSA) is 98.9 Å². The third kappa shape index (κ3) is 4.97. The Morgan fingerprint density at radius 3 is 2.79 bits per heavy atom. The lowest BCUT2D eigenvalue weighted by Gasteiger charge is -2.23. The van der Waals surface area contributed by atoms with Crippen molar-refractivity contribution in [1.82, 2.24) is 4.98 Å². The summed E-state index contributed by atoms with van der Waals surface area (Å²) >= 11 is 1.03. The number of para-hydroxylation sites is 1. The van der Waals surface area contributed by atoms with Gasteiger partial charge in [0, 0.05) is 0 Å². The van der Waals surface area contributed by atoms with Gasteiger partial charge in [-0.05, 0) is 43.2 Å². The van der Waals surface area contributed by atoms with Gasteiger partial charge in [0.15, 0.2) is 10.6 Å². The molecule has 2 aromatic carbocycles. The molecule has 1 atom stereocenters. The molecule has 39 heavy (non-hydrogen) atoms. The first kappa shape index (κ1) is 26.4. The van der Waals surface area contributed by atoms with E-state index in [4.69, 9.17) is 13.9 Å². The van der Waals surface area contributed by atoms with Crippen molar-refractivity contribution in [2.45, 2.75) is 39.2 Å². The van der Waals surface area contributed by atoms with Gasteiger partial charge in [-0.15, -0.1) is 0 Å². The van der Waals surface area contributed by atoms with E-state index < -0.39 is 17.9 Å². The summed E-state index contributed by atoms with van der Waals surface area (Å²) in [6.45, 7) is 7.99. The molecule has 0 saturated heterocycles. The van der Waals surface area contributed by atoms with Gasteiger partial charge in [-0.2, -0.15) is 0 Å². The van der Waals surface area contributed by atoms with Crippen LogP contribution >= 0.6 is 11.3 Å². The molecule has 1 aliphatic heterocycles.